The maximum absolute atomic E-state index is 12.8. The molecule has 2 nitrogen and oxygen atoms in total. The highest BCUT2D eigenvalue weighted by Crippen LogP contribution is 2.34. The topological polar surface area (TPSA) is 24.4 Å². The van der Waals surface area contributed by atoms with Crippen molar-refractivity contribution in [2.75, 3.05) is 13.1 Å². The van der Waals surface area contributed by atoms with Crippen LogP contribution in [0.4, 0.5) is 4.39 Å². The second-order valence-electron chi connectivity index (χ2n) is 4.57. The van der Waals surface area contributed by atoms with Crippen LogP contribution in [0, 0.1) is 11.7 Å². The number of nitrogens with one attached hydrogen (secondary N) is 1. The van der Waals surface area contributed by atoms with E-state index in [-0.39, 0.29) is 11.9 Å². The fourth-order valence-electron chi connectivity index (χ4n) is 2.62. The molecule has 2 unspecified atom stereocenters. The summed E-state index contributed by atoms with van der Waals surface area (Å²) in [7, 11) is 0. The minimum atomic E-state index is -0.173. The maximum Gasteiger partial charge on any atom is 0.123 e. The van der Waals surface area contributed by atoms with Crippen LogP contribution in [-0.4, -0.2) is 18.8 Å². The van der Waals surface area contributed by atoms with Crippen LogP contribution in [0.2, 0.25) is 0 Å². The predicted molar refractivity (Wildman–Crippen MR) is 62.2 cm³/mol. The smallest absolute Gasteiger partial charge is 0.123 e. The Kier molecular flexibility index (Phi) is 2.48. The molecule has 3 rings (SSSR count). The lowest BCUT2D eigenvalue weighted by Crippen LogP contribution is -2.34. The van der Waals surface area contributed by atoms with Gasteiger partial charge in [-0.3, -0.25) is 4.99 Å². The van der Waals surface area contributed by atoms with E-state index >= 15 is 0 Å². The number of aliphatic imine (C=N–C) groups is 1. The maximum atomic E-state index is 12.8. The molecular formula is C13H15FN2. The molecule has 1 aromatic rings. The largest absolute Gasteiger partial charge is 0.316 e. The SMILES string of the molecule is Fc1ccc(C2CC3CNCCC3=N2)cc1. The van der Waals surface area contributed by atoms with Crippen molar-refractivity contribution in [2.24, 2.45) is 10.9 Å². The summed E-state index contributed by atoms with van der Waals surface area (Å²) in [6, 6.07) is 7.01. The van der Waals surface area contributed by atoms with Crippen LogP contribution in [0.3, 0.4) is 0 Å². The van der Waals surface area contributed by atoms with Crippen molar-refractivity contribution in [3.8, 4) is 0 Å². The van der Waals surface area contributed by atoms with Crippen molar-refractivity contribution in [3.05, 3.63) is 35.6 Å². The van der Waals surface area contributed by atoms with E-state index in [2.05, 4.69) is 5.32 Å². The Morgan fingerprint density at radius 3 is 2.81 bits per heavy atom. The van der Waals surface area contributed by atoms with E-state index in [0.717, 1.165) is 31.5 Å². The van der Waals surface area contributed by atoms with Crippen LogP contribution >= 0.6 is 0 Å². The molecule has 0 spiro atoms. The Hall–Kier alpha value is -1.22. The van der Waals surface area contributed by atoms with Gasteiger partial charge in [-0.05, 0) is 30.5 Å². The third kappa shape index (κ3) is 1.76. The molecule has 2 aliphatic rings. The van der Waals surface area contributed by atoms with Crippen molar-refractivity contribution in [2.45, 2.75) is 18.9 Å². The number of piperidine rings is 1. The van der Waals surface area contributed by atoms with Crippen LogP contribution in [0.5, 0.6) is 0 Å². The minimum Gasteiger partial charge on any atom is -0.316 e. The Morgan fingerprint density at radius 2 is 2.06 bits per heavy atom. The van der Waals surface area contributed by atoms with Gasteiger partial charge in [0.15, 0.2) is 0 Å². The van der Waals surface area contributed by atoms with Gasteiger partial charge in [-0.25, -0.2) is 4.39 Å². The lowest BCUT2D eigenvalue weighted by atomic mass is 9.93. The Balaban J connectivity index is 1.82. The molecule has 84 valence electrons. The molecule has 2 atom stereocenters. The van der Waals surface area contributed by atoms with Crippen molar-refractivity contribution < 1.29 is 4.39 Å². The van der Waals surface area contributed by atoms with E-state index < -0.39 is 0 Å². The van der Waals surface area contributed by atoms with Crippen molar-refractivity contribution in [1.29, 1.82) is 0 Å². The molecule has 0 aliphatic carbocycles. The third-order valence-electron chi connectivity index (χ3n) is 3.50. The summed E-state index contributed by atoms with van der Waals surface area (Å²) in [5.74, 6) is 0.428. The van der Waals surface area contributed by atoms with E-state index in [1.54, 1.807) is 0 Å². The number of benzene rings is 1. The number of hydrogen-bond donors (Lipinski definition) is 1. The van der Waals surface area contributed by atoms with E-state index in [4.69, 9.17) is 4.99 Å². The standard InChI is InChI=1S/C13H15FN2/c14-11-3-1-9(2-4-11)13-7-10-8-15-6-5-12(10)16-13/h1-4,10,13,15H,5-8H2. The van der Waals surface area contributed by atoms with Crippen LogP contribution in [-0.2, 0) is 0 Å². The van der Waals surface area contributed by atoms with Crippen LogP contribution in [0.1, 0.15) is 24.4 Å². The molecule has 2 aliphatic heterocycles. The Morgan fingerprint density at radius 1 is 1.25 bits per heavy atom. The summed E-state index contributed by atoms with van der Waals surface area (Å²) < 4.78 is 12.8. The van der Waals surface area contributed by atoms with Gasteiger partial charge in [0.1, 0.15) is 5.82 Å². The normalized spacial score (nSPS) is 28.7. The van der Waals surface area contributed by atoms with E-state index in [1.807, 2.05) is 12.1 Å². The highest BCUT2D eigenvalue weighted by molar-refractivity contribution is 5.89. The van der Waals surface area contributed by atoms with Gasteiger partial charge in [0.25, 0.3) is 0 Å². The summed E-state index contributed by atoms with van der Waals surface area (Å²) in [6.45, 7) is 2.10. The van der Waals surface area contributed by atoms with Crippen LogP contribution < -0.4 is 5.32 Å². The molecule has 0 radical (unpaired) electrons. The molecular weight excluding hydrogens is 203 g/mol. The van der Waals surface area contributed by atoms with Gasteiger partial charge in [0.05, 0.1) is 6.04 Å². The fourth-order valence-corrected chi connectivity index (χ4v) is 2.62. The highest BCUT2D eigenvalue weighted by Gasteiger charge is 2.30. The zero-order valence-corrected chi connectivity index (χ0v) is 9.12. The number of halogens is 1. The second-order valence-corrected chi connectivity index (χ2v) is 4.57. The highest BCUT2D eigenvalue weighted by atomic mass is 19.1. The first kappa shape index (κ1) is 9.97. The summed E-state index contributed by atoms with van der Waals surface area (Å²) >= 11 is 0. The van der Waals surface area contributed by atoms with Gasteiger partial charge in [0, 0.05) is 24.7 Å². The molecule has 0 aromatic heterocycles. The Bertz CT molecular complexity index is 410. The van der Waals surface area contributed by atoms with Gasteiger partial charge < -0.3 is 5.32 Å². The van der Waals surface area contributed by atoms with E-state index in [9.17, 15) is 4.39 Å². The molecule has 1 aromatic carbocycles. The lowest BCUT2D eigenvalue weighted by molar-refractivity contribution is 0.515. The molecule has 0 bridgehead atoms. The molecule has 0 saturated carbocycles. The van der Waals surface area contributed by atoms with Crippen LogP contribution in [0.25, 0.3) is 0 Å². The predicted octanol–water partition coefficient (Wildman–Crippen LogP) is 2.32. The first-order valence-corrected chi connectivity index (χ1v) is 5.85. The number of nitrogens with zero attached hydrogens (tertiary/aromatic N) is 1. The molecule has 3 heteroatoms. The molecule has 0 amide bonds. The van der Waals surface area contributed by atoms with Gasteiger partial charge in [0.2, 0.25) is 0 Å². The zero-order valence-electron chi connectivity index (χ0n) is 9.12. The first-order valence-electron chi connectivity index (χ1n) is 5.85. The van der Waals surface area contributed by atoms with E-state index in [1.165, 1.54) is 17.8 Å². The molecule has 16 heavy (non-hydrogen) atoms. The summed E-state index contributed by atoms with van der Waals surface area (Å²) in [5.41, 5.74) is 2.50. The van der Waals surface area contributed by atoms with Gasteiger partial charge in [-0.2, -0.15) is 0 Å². The second kappa shape index (κ2) is 3.98. The van der Waals surface area contributed by atoms with Crippen molar-refractivity contribution in [1.82, 2.24) is 5.32 Å². The van der Waals surface area contributed by atoms with Gasteiger partial charge in [-0.15, -0.1) is 0 Å². The molecule has 2 heterocycles. The van der Waals surface area contributed by atoms with Crippen molar-refractivity contribution in [3.63, 3.8) is 0 Å². The lowest BCUT2D eigenvalue weighted by Gasteiger charge is -2.19. The molecule has 1 fully saturated rings. The fraction of sp³-hybridized carbons (Fsp3) is 0.462. The monoisotopic (exact) mass is 218 g/mol. The minimum absolute atomic E-state index is 0.173. The van der Waals surface area contributed by atoms with Gasteiger partial charge >= 0.3 is 0 Å². The Labute approximate surface area is 94.6 Å². The summed E-state index contributed by atoms with van der Waals surface area (Å²) in [5, 5.41) is 3.40. The van der Waals surface area contributed by atoms with Crippen LogP contribution in [0.15, 0.2) is 29.3 Å². The molecule has 1 saturated heterocycles. The van der Waals surface area contributed by atoms with E-state index in [0.29, 0.717) is 5.92 Å². The number of rotatable bonds is 1. The average molecular weight is 218 g/mol. The first-order chi connectivity index (χ1) is 7.83. The van der Waals surface area contributed by atoms with Crippen molar-refractivity contribution >= 4 is 5.71 Å². The molecule has 1 N–H and O–H groups in total. The number of hydrogen-bond acceptors (Lipinski definition) is 2. The average Bonchev–Trinajstić information content (AvgIpc) is 2.73. The quantitative estimate of drug-likeness (QED) is 0.768. The zero-order chi connectivity index (χ0) is 11.0. The summed E-state index contributed by atoms with van der Waals surface area (Å²) in [4.78, 5) is 4.76. The third-order valence-corrected chi connectivity index (χ3v) is 3.50. The number of fused-ring (bicyclic) bond motifs is 1. The summed E-state index contributed by atoms with van der Waals surface area (Å²) in [6.07, 6.45) is 2.15. The van der Waals surface area contributed by atoms with Gasteiger partial charge in [-0.1, -0.05) is 12.1 Å².